The Bertz CT molecular complexity index is 319. The maximum Gasteiger partial charge on any atom is 0.0588 e. The first kappa shape index (κ1) is 13.6. The molecule has 1 aromatic carbocycles. The molecule has 2 unspecified atom stereocenters. The van der Waals surface area contributed by atoms with Gasteiger partial charge >= 0.3 is 0 Å². The van der Waals surface area contributed by atoms with Gasteiger partial charge in [-0.2, -0.15) is 0 Å². The largest absolute Gasteiger partial charge is 0.378 e. The normalized spacial score (nSPS) is 21.1. The van der Waals surface area contributed by atoms with Crippen LogP contribution >= 0.6 is 0 Å². The Hall–Kier alpha value is -0.860. The van der Waals surface area contributed by atoms with Crippen LogP contribution in [0, 0.1) is 0 Å². The second kappa shape index (κ2) is 7.55. The lowest BCUT2D eigenvalue weighted by Crippen LogP contribution is -2.29. The Labute approximate surface area is 111 Å². The van der Waals surface area contributed by atoms with Crippen LogP contribution in [0.25, 0.3) is 0 Å². The van der Waals surface area contributed by atoms with Crippen LogP contribution in [0.4, 0.5) is 0 Å². The smallest absolute Gasteiger partial charge is 0.0588 e. The van der Waals surface area contributed by atoms with Gasteiger partial charge in [-0.1, -0.05) is 30.3 Å². The summed E-state index contributed by atoms with van der Waals surface area (Å²) in [6, 6.07) is 11.3. The van der Waals surface area contributed by atoms with Crippen LogP contribution < -0.4 is 5.32 Å². The summed E-state index contributed by atoms with van der Waals surface area (Å²) in [5, 5.41) is 3.60. The highest BCUT2D eigenvalue weighted by Gasteiger charge is 2.14. The predicted octanol–water partition coefficient (Wildman–Crippen LogP) is 3.17. The summed E-state index contributed by atoms with van der Waals surface area (Å²) in [4.78, 5) is 0. The molecule has 2 nitrogen and oxygen atoms in total. The van der Waals surface area contributed by atoms with Crippen molar-refractivity contribution < 1.29 is 4.74 Å². The highest BCUT2D eigenvalue weighted by molar-refractivity contribution is 5.14. The summed E-state index contributed by atoms with van der Waals surface area (Å²) in [5.41, 5.74) is 1.44. The van der Waals surface area contributed by atoms with Crippen LogP contribution in [-0.2, 0) is 11.2 Å². The molecule has 0 saturated carbocycles. The molecule has 1 N–H and O–H groups in total. The molecular weight excluding hydrogens is 222 g/mol. The van der Waals surface area contributed by atoms with E-state index < -0.39 is 0 Å². The molecule has 0 radical (unpaired) electrons. The number of hydrogen-bond donors (Lipinski definition) is 1. The number of ether oxygens (including phenoxy) is 1. The summed E-state index contributed by atoms with van der Waals surface area (Å²) in [5.74, 6) is 0. The van der Waals surface area contributed by atoms with Crippen molar-refractivity contribution in [3.63, 3.8) is 0 Å². The van der Waals surface area contributed by atoms with E-state index in [1.165, 1.54) is 24.8 Å². The van der Waals surface area contributed by atoms with E-state index in [0.29, 0.717) is 12.1 Å². The van der Waals surface area contributed by atoms with Crippen molar-refractivity contribution in [2.75, 3.05) is 13.2 Å². The molecule has 1 aromatic rings. The number of hydrogen-bond acceptors (Lipinski definition) is 2. The van der Waals surface area contributed by atoms with E-state index in [4.69, 9.17) is 4.74 Å². The lowest BCUT2D eigenvalue weighted by Gasteiger charge is -2.15. The van der Waals surface area contributed by atoms with E-state index >= 15 is 0 Å². The summed E-state index contributed by atoms with van der Waals surface area (Å²) >= 11 is 0. The molecule has 0 spiro atoms. The van der Waals surface area contributed by atoms with Gasteiger partial charge in [0.1, 0.15) is 0 Å². The van der Waals surface area contributed by atoms with E-state index in [-0.39, 0.29) is 0 Å². The molecule has 1 fully saturated rings. The minimum atomic E-state index is 0.513. The van der Waals surface area contributed by atoms with Gasteiger partial charge in [-0.25, -0.2) is 0 Å². The highest BCUT2D eigenvalue weighted by Crippen LogP contribution is 2.14. The van der Waals surface area contributed by atoms with E-state index in [1.807, 2.05) is 0 Å². The first-order chi connectivity index (χ1) is 8.84. The number of benzene rings is 1. The van der Waals surface area contributed by atoms with Crippen molar-refractivity contribution in [3.05, 3.63) is 35.9 Å². The van der Waals surface area contributed by atoms with Gasteiger partial charge in [0.2, 0.25) is 0 Å². The molecule has 0 bridgehead atoms. The van der Waals surface area contributed by atoms with Gasteiger partial charge in [-0.15, -0.1) is 0 Å². The van der Waals surface area contributed by atoms with Crippen molar-refractivity contribution in [1.29, 1.82) is 0 Å². The zero-order valence-electron chi connectivity index (χ0n) is 11.4. The van der Waals surface area contributed by atoms with E-state index in [0.717, 1.165) is 26.0 Å². The SMILES string of the molecule is CC(CCc1ccccc1)NCCC1CCCO1. The molecule has 1 saturated heterocycles. The van der Waals surface area contributed by atoms with Crippen molar-refractivity contribution in [3.8, 4) is 0 Å². The average Bonchev–Trinajstić information content (AvgIpc) is 2.91. The van der Waals surface area contributed by atoms with Gasteiger partial charge in [0.05, 0.1) is 6.10 Å². The maximum atomic E-state index is 5.62. The van der Waals surface area contributed by atoms with Gasteiger partial charge < -0.3 is 10.1 Å². The Morgan fingerprint density at radius 1 is 1.33 bits per heavy atom. The zero-order chi connectivity index (χ0) is 12.6. The third kappa shape index (κ3) is 4.79. The number of nitrogens with one attached hydrogen (secondary N) is 1. The molecule has 0 aliphatic carbocycles. The van der Waals surface area contributed by atoms with Gasteiger partial charge in [-0.3, -0.25) is 0 Å². The standard InChI is InChI=1S/C16H25NO/c1-14(9-10-15-6-3-2-4-7-15)17-12-11-16-8-5-13-18-16/h2-4,6-7,14,16-17H,5,8-13H2,1H3. The fourth-order valence-electron chi connectivity index (χ4n) is 2.49. The quantitative estimate of drug-likeness (QED) is 0.799. The third-order valence-corrected chi connectivity index (χ3v) is 3.69. The third-order valence-electron chi connectivity index (χ3n) is 3.69. The number of aryl methyl sites for hydroxylation is 1. The summed E-state index contributed by atoms with van der Waals surface area (Å²) < 4.78 is 5.62. The van der Waals surface area contributed by atoms with Crippen LogP contribution in [0.15, 0.2) is 30.3 Å². The molecule has 2 rings (SSSR count). The topological polar surface area (TPSA) is 21.3 Å². The monoisotopic (exact) mass is 247 g/mol. The van der Waals surface area contributed by atoms with Gasteiger partial charge in [0.25, 0.3) is 0 Å². The first-order valence-corrected chi connectivity index (χ1v) is 7.23. The first-order valence-electron chi connectivity index (χ1n) is 7.23. The van der Waals surface area contributed by atoms with Crippen molar-refractivity contribution in [1.82, 2.24) is 5.32 Å². The van der Waals surface area contributed by atoms with E-state index in [2.05, 4.69) is 42.6 Å². The summed E-state index contributed by atoms with van der Waals surface area (Å²) in [6.45, 7) is 4.33. The van der Waals surface area contributed by atoms with Crippen LogP contribution in [-0.4, -0.2) is 25.3 Å². The van der Waals surface area contributed by atoms with Crippen LogP contribution in [0.1, 0.15) is 38.2 Å². The van der Waals surface area contributed by atoms with E-state index in [1.54, 1.807) is 0 Å². The Kier molecular flexibility index (Phi) is 5.69. The van der Waals surface area contributed by atoms with Crippen molar-refractivity contribution in [2.45, 2.75) is 51.2 Å². The molecule has 18 heavy (non-hydrogen) atoms. The average molecular weight is 247 g/mol. The minimum absolute atomic E-state index is 0.513. The van der Waals surface area contributed by atoms with Crippen LogP contribution in [0.5, 0.6) is 0 Å². The molecule has 0 amide bonds. The van der Waals surface area contributed by atoms with Gasteiger partial charge in [0.15, 0.2) is 0 Å². The lowest BCUT2D eigenvalue weighted by atomic mass is 10.1. The second-order valence-electron chi connectivity index (χ2n) is 5.30. The molecule has 0 aromatic heterocycles. The predicted molar refractivity (Wildman–Crippen MR) is 75.8 cm³/mol. The summed E-state index contributed by atoms with van der Waals surface area (Å²) in [6.07, 6.45) is 6.54. The molecule has 2 atom stereocenters. The van der Waals surface area contributed by atoms with Crippen molar-refractivity contribution >= 4 is 0 Å². The Balaban J connectivity index is 1.56. The molecular formula is C16H25NO. The van der Waals surface area contributed by atoms with Crippen LogP contribution in [0.3, 0.4) is 0 Å². The second-order valence-corrected chi connectivity index (χ2v) is 5.30. The van der Waals surface area contributed by atoms with Crippen LogP contribution in [0.2, 0.25) is 0 Å². The summed E-state index contributed by atoms with van der Waals surface area (Å²) in [7, 11) is 0. The fourth-order valence-corrected chi connectivity index (χ4v) is 2.49. The number of rotatable bonds is 7. The van der Waals surface area contributed by atoms with Gasteiger partial charge in [0, 0.05) is 12.6 Å². The Morgan fingerprint density at radius 2 is 2.17 bits per heavy atom. The Morgan fingerprint density at radius 3 is 2.89 bits per heavy atom. The fraction of sp³-hybridized carbons (Fsp3) is 0.625. The molecule has 1 aliphatic rings. The zero-order valence-corrected chi connectivity index (χ0v) is 11.4. The minimum Gasteiger partial charge on any atom is -0.378 e. The lowest BCUT2D eigenvalue weighted by molar-refractivity contribution is 0.103. The van der Waals surface area contributed by atoms with Gasteiger partial charge in [-0.05, 0) is 51.1 Å². The van der Waals surface area contributed by atoms with E-state index in [9.17, 15) is 0 Å². The molecule has 1 heterocycles. The molecule has 1 aliphatic heterocycles. The molecule has 2 heteroatoms. The highest BCUT2D eigenvalue weighted by atomic mass is 16.5. The van der Waals surface area contributed by atoms with Crippen molar-refractivity contribution in [2.24, 2.45) is 0 Å². The maximum absolute atomic E-state index is 5.62. The molecule has 100 valence electrons.